The molecule has 1 aliphatic carbocycles. The van der Waals surface area contributed by atoms with Gasteiger partial charge in [0.2, 0.25) is 0 Å². The predicted octanol–water partition coefficient (Wildman–Crippen LogP) is 6.84. The van der Waals surface area contributed by atoms with E-state index in [-0.39, 0.29) is 23.4 Å². The third-order valence-electron chi connectivity index (χ3n) is 5.01. The Labute approximate surface area is 153 Å². The summed E-state index contributed by atoms with van der Waals surface area (Å²) < 4.78 is 40.6. The zero-order valence-corrected chi connectivity index (χ0v) is 14.5. The number of hydrogen-bond donors (Lipinski definition) is 1. The predicted molar refractivity (Wildman–Crippen MR) is 94.3 cm³/mol. The molecule has 2 aromatic carbocycles. The highest BCUT2D eigenvalue weighted by Gasteiger charge is 2.45. The van der Waals surface area contributed by atoms with Crippen molar-refractivity contribution in [2.45, 2.75) is 24.6 Å². The van der Waals surface area contributed by atoms with Crippen LogP contribution in [0, 0.1) is 5.92 Å². The van der Waals surface area contributed by atoms with Gasteiger partial charge in [-0.3, -0.25) is 0 Å². The maximum atomic E-state index is 13.5. The summed E-state index contributed by atoms with van der Waals surface area (Å²) >= 11 is 12.6. The molecular formula is C19H14Cl2F3N. The highest BCUT2D eigenvalue weighted by atomic mass is 35.5. The van der Waals surface area contributed by atoms with E-state index in [9.17, 15) is 13.2 Å². The molecule has 1 nitrogen and oxygen atoms in total. The van der Waals surface area contributed by atoms with Gasteiger partial charge in [-0.05, 0) is 41.7 Å². The zero-order chi connectivity index (χ0) is 17.8. The van der Waals surface area contributed by atoms with Crippen LogP contribution >= 0.6 is 23.2 Å². The first kappa shape index (κ1) is 16.8. The minimum atomic E-state index is -4.42. The van der Waals surface area contributed by atoms with Gasteiger partial charge < -0.3 is 5.32 Å². The van der Waals surface area contributed by atoms with Crippen LogP contribution in [0.2, 0.25) is 10.0 Å². The molecule has 0 saturated heterocycles. The van der Waals surface area contributed by atoms with E-state index in [0.717, 1.165) is 11.6 Å². The summed E-state index contributed by atoms with van der Waals surface area (Å²) in [5.74, 6) is -0.375. The van der Waals surface area contributed by atoms with Crippen LogP contribution in [-0.4, -0.2) is 0 Å². The van der Waals surface area contributed by atoms with E-state index in [0.29, 0.717) is 22.2 Å². The van der Waals surface area contributed by atoms with Gasteiger partial charge in [0.15, 0.2) is 0 Å². The van der Waals surface area contributed by atoms with Crippen LogP contribution in [-0.2, 0) is 6.18 Å². The van der Waals surface area contributed by atoms with Gasteiger partial charge in [-0.15, -0.1) is 0 Å². The molecule has 0 saturated carbocycles. The molecule has 1 aliphatic heterocycles. The summed E-state index contributed by atoms with van der Waals surface area (Å²) in [4.78, 5) is 0. The largest absolute Gasteiger partial charge is 0.416 e. The lowest BCUT2D eigenvalue weighted by atomic mass is 9.75. The van der Waals surface area contributed by atoms with E-state index in [1.54, 1.807) is 6.07 Å². The average Bonchev–Trinajstić information content (AvgIpc) is 3.04. The van der Waals surface area contributed by atoms with E-state index < -0.39 is 11.7 Å². The van der Waals surface area contributed by atoms with Gasteiger partial charge in [-0.1, -0.05) is 53.6 Å². The molecular weight excluding hydrogens is 370 g/mol. The quantitative estimate of drug-likeness (QED) is 0.531. The fraction of sp³-hybridized carbons (Fsp3) is 0.263. The molecule has 0 bridgehead atoms. The molecule has 2 aliphatic rings. The van der Waals surface area contributed by atoms with Crippen molar-refractivity contribution in [3.8, 4) is 0 Å². The summed E-state index contributed by atoms with van der Waals surface area (Å²) in [5, 5.41) is 4.14. The number of nitrogens with one attached hydrogen (secondary N) is 1. The number of fused-ring (bicyclic) bond motifs is 3. The second-order valence-corrected chi connectivity index (χ2v) is 7.19. The number of anilines is 1. The first-order valence-electron chi connectivity index (χ1n) is 7.95. The zero-order valence-electron chi connectivity index (χ0n) is 12.9. The van der Waals surface area contributed by atoms with E-state index in [1.807, 2.05) is 30.4 Å². The first-order chi connectivity index (χ1) is 11.9. The summed E-state index contributed by atoms with van der Waals surface area (Å²) in [6, 6.07) is 9.59. The van der Waals surface area contributed by atoms with Crippen LogP contribution in [0.3, 0.4) is 0 Å². The lowest BCUT2D eigenvalue weighted by Crippen LogP contribution is -2.31. The lowest BCUT2D eigenvalue weighted by Gasteiger charge is -2.39. The van der Waals surface area contributed by atoms with E-state index >= 15 is 0 Å². The molecule has 130 valence electrons. The number of halogens is 5. The Kier molecular flexibility index (Phi) is 4.00. The molecule has 0 spiro atoms. The van der Waals surface area contributed by atoms with Gasteiger partial charge in [0.25, 0.3) is 0 Å². The highest BCUT2D eigenvalue weighted by Crippen LogP contribution is 2.55. The summed E-state index contributed by atoms with van der Waals surface area (Å²) in [5.41, 5.74) is 0.844. The smallest absolute Gasteiger partial charge is 0.376 e. The third-order valence-corrected chi connectivity index (χ3v) is 5.67. The fourth-order valence-electron chi connectivity index (χ4n) is 3.96. The minimum Gasteiger partial charge on any atom is -0.376 e. The second kappa shape index (κ2) is 5.96. The van der Waals surface area contributed by atoms with Crippen molar-refractivity contribution in [1.82, 2.24) is 0 Å². The number of hydrogen-bond acceptors (Lipinski definition) is 1. The molecule has 1 N–H and O–H groups in total. The normalized spacial score (nSPS) is 24.6. The molecule has 2 aromatic rings. The fourth-order valence-corrected chi connectivity index (χ4v) is 4.43. The van der Waals surface area contributed by atoms with Crippen LogP contribution in [0.25, 0.3) is 0 Å². The molecule has 4 rings (SSSR count). The number of allylic oxidation sites excluding steroid dienone is 2. The van der Waals surface area contributed by atoms with Crippen molar-refractivity contribution in [3.63, 3.8) is 0 Å². The van der Waals surface area contributed by atoms with Crippen LogP contribution in [0.5, 0.6) is 0 Å². The van der Waals surface area contributed by atoms with Crippen LogP contribution in [0.15, 0.2) is 48.6 Å². The Morgan fingerprint density at radius 3 is 2.48 bits per heavy atom. The highest BCUT2D eigenvalue weighted by molar-refractivity contribution is 6.33. The Hall–Kier alpha value is -1.65. The van der Waals surface area contributed by atoms with Crippen molar-refractivity contribution >= 4 is 28.9 Å². The Balaban J connectivity index is 1.90. The summed E-state index contributed by atoms with van der Waals surface area (Å²) in [7, 11) is 0. The number of benzene rings is 2. The van der Waals surface area contributed by atoms with Gasteiger partial charge in [-0.25, -0.2) is 0 Å². The van der Waals surface area contributed by atoms with Crippen molar-refractivity contribution in [3.05, 3.63) is 75.3 Å². The molecule has 3 atom stereocenters. The Bertz CT molecular complexity index is 860. The lowest BCUT2D eigenvalue weighted by molar-refractivity contribution is -0.138. The first-order valence-corrected chi connectivity index (χ1v) is 8.70. The number of rotatable bonds is 1. The molecule has 0 radical (unpaired) electrons. The van der Waals surface area contributed by atoms with Crippen molar-refractivity contribution in [2.75, 3.05) is 5.32 Å². The number of alkyl halides is 3. The summed E-state index contributed by atoms with van der Waals surface area (Å²) in [6.45, 7) is 0. The van der Waals surface area contributed by atoms with Gasteiger partial charge in [0, 0.05) is 10.9 Å². The molecule has 25 heavy (non-hydrogen) atoms. The summed E-state index contributed by atoms with van der Waals surface area (Å²) in [6.07, 6.45) is 0.0716. The molecule has 0 unspecified atom stereocenters. The van der Waals surface area contributed by atoms with Gasteiger partial charge in [0.05, 0.1) is 22.3 Å². The van der Waals surface area contributed by atoms with Crippen LogP contribution in [0.1, 0.15) is 35.1 Å². The maximum absolute atomic E-state index is 13.5. The average molecular weight is 384 g/mol. The van der Waals surface area contributed by atoms with E-state index in [4.69, 9.17) is 23.2 Å². The van der Waals surface area contributed by atoms with Gasteiger partial charge >= 0.3 is 6.18 Å². The van der Waals surface area contributed by atoms with Crippen LogP contribution < -0.4 is 5.32 Å². The van der Waals surface area contributed by atoms with Gasteiger partial charge in [-0.2, -0.15) is 13.2 Å². The van der Waals surface area contributed by atoms with Crippen molar-refractivity contribution in [2.24, 2.45) is 5.92 Å². The maximum Gasteiger partial charge on any atom is 0.416 e. The molecule has 0 fully saturated rings. The van der Waals surface area contributed by atoms with Gasteiger partial charge in [0.1, 0.15) is 0 Å². The van der Waals surface area contributed by atoms with E-state index in [2.05, 4.69) is 5.32 Å². The second-order valence-electron chi connectivity index (χ2n) is 6.38. The standard InChI is InChI=1S/C19H14Cl2F3N/c20-14-7-2-1-4-12(14)17-11-6-3-5-10(11)16-13(19(22,23)24)8-9-15(21)18(16)25-17/h1-5,7-11,17,25H,6H2/t10-,11-,17-/m1/s1. The third kappa shape index (κ3) is 2.72. The Morgan fingerprint density at radius 2 is 1.76 bits per heavy atom. The SMILES string of the molecule is FC(F)(F)c1ccc(Cl)c2c1[C@@H]1C=CC[C@H]1[C@H](c1ccccc1Cl)N2. The molecule has 6 heteroatoms. The molecule has 0 amide bonds. The van der Waals surface area contributed by atoms with Crippen LogP contribution in [0.4, 0.5) is 18.9 Å². The molecule has 0 aromatic heterocycles. The topological polar surface area (TPSA) is 12.0 Å². The van der Waals surface area contributed by atoms with Crippen molar-refractivity contribution < 1.29 is 13.2 Å². The van der Waals surface area contributed by atoms with E-state index in [1.165, 1.54) is 6.07 Å². The monoisotopic (exact) mass is 383 g/mol. The molecule has 1 heterocycles. The minimum absolute atomic E-state index is 0.0352. The Morgan fingerprint density at radius 1 is 1.00 bits per heavy atom. The van der Waals surface area contributed by atoms with Crippen molar-refractivity contribution in [1.29, 1.82) is 0 Å².